The molecule has 1 amide bonds. The highest BCUT2D eigenvalue weighted by molar-refractivity contribution is 5.92. The molecule has 0 saturated carbocycles. The molecule has 0 aliphatic rings. The van der Waals surface area contributed by atoms with E-state index in [2.05, 4.69) is 10.3 Å². The number of nitrogen functional groups attached to an aromatic ring is 1. The Morgan fingerprint density at radius 3 is 2.95 bits per heavy atom. The number of para-hydroxylation sites is 2. The quantitative estimate of drug-likeness (QED) is 0.724. The lowest BCUT2D eigenvalue weighted by Gasteiger charge is -2.10. The number of nitrogens with zero attached hydrogens (tertiary/aromatic N) is 2. The number of carbonyl (C=O) groups excluding carboxylic acids is 1. The fraction of sp³-hybridized carbons (Fsp3) is 0.125. The van der Waals surface area contributed by atoms with Gasteiger partial charge in [-0.1, -0.05) is 18.2 Å². The number of aromatic nitrogens is 2. The summed E-state index contributed by atoms with van der Waals surface area (Å²) >= 11 is 0. The SMILES string of the molecule is Cc1ccc(N)cc1NC(=O)Cn1cnc2ccccc21. The number of carbonyl (C=O) groups is 1. The van der Waals surface area contributed by atoms with Gasteiger partial charge in [-0.15, -0.1) is 0 Å². The Morgan fingerprint density at radius 2 is 2.10 bits per heavy atom. The molecule has 0 atom stereocenters. The van der Waals surface area contributed by atoms with Crippen molar-refractivity contribution in [1.82, 2.24) is 9.55 Å². The molecule has 21 heavy (non-hydrogen) atoms. The average Bonchev–Trinajstić information content (AvgIpc) is 2.86. The topological polar surface area (TPSA) is 72.9 Å². The third kappa shape index (κ3) is 2.72. The van der Waals surface area contributed by atoms with E-state index in [0.29, 0.717) is 5.69 Å². The maximum Gasteiger partial charge on any atom is 0.244 e. The van der Waals surface area contributed by atoms with Gasteiger partial charge in [-0.25, -0.2) is 4.98 Å². The smallest absolute Gasteiger partial charge is 0.244 e. The van der Waals surface area contributed by atoms with Crippen LogP contribution in [0.4, 0.5) is 11.4 Å². The molecule has 0 fully saturated rings. The van der Waals surface area contributed by atoms with Crippen molar-refractivity contribution in [2.24, 2.45) is 0 Å². The molecule has 1 heterocycles. The zero-order chi connectivity index (χ0) is 14.8. The van der Waals surface area contributed by atoms with Crippen LogP contribution >= 0.6 is 0 Å². The summed E-state index contributed by atoms with van der Waals surface area (Å²) in [4.78, 5) is 16.5. The van der Waals surface area contributed by atoms with E-state index in [1.165, 1.54) is 0 Å². The fourth-order valence-electron chi connectivity index (χ4n) is 2.26. The Balaban J connectivity index is 1.79. The summed E-state index contributed by atoms with van der Waals surface area (Å²) in [5, 5.41) is 2.89. The predicted octanol–water partition coefficient (Wildman–Crippen LogP) is 2.57. The highest BCUT2D eigenvalue weighted by Crippen LogP contribution is 2.18. The number of nitrogens with two attached hydrogens (primary N) is 1. The summed E-state index contributed by atoms with van der Waals surface area (Å²) < 4.78 is 1.83. The van der Waals surface area contributed by atoms with Crippen LogP contribution < -0.4 is 11.1 Å². The summed E-state index contributed by atoms with van der Waals surface area (Å²) in [6, 6.07) is 13.2. The van der Waals surface area contributed by atoms with Crippen LogP contribution in [0.25, 0.3) is 11.0 Å². The molecule has 1 aromatic heterocycles. The Labute approximate surface area is 122 Å². The van der Waals surface area contributed by atoms with E-state index >= 15 is 0 Å². The lowest BCUT2D eigenvalue weighted by Crippen LogP contribution is -2.18. The van der Waals surface area contributed by atoms with Crippen LogP contribution in [0, 0.1) is 6.92 Å². The van der Waals surface area contributed by atoms with E-state index in [1.807, 2.05) is 47.9 Å². The first-order chi connectivity index (χ1) is 10.1. The van der Waals surface area contributed by atoms with Gasteiger partial charge in [-0.3, -0.25) is 4.79 Å². The van der Waals surface area contributed by atoms with Crippen LogP contribution in [0.5, 0.6) is 0 Å². The molecule has 3 rings (SSSR count). The minimum absolute atomic E-state index is 0.105. The maximum atomic E-state index is 12.2. The van der Waals surface area contributed by atoms with Gasteiger partial charge >= 0.3 is 0 Å². The van der Waals surface area contributed by atoms with E-state index in [4.69, 9.17) is 5.73 Å². The molecule has 5 heteroatoms. The fourth-order valence-corrected chi connectivity index (χ4v) is 2.26. The normalized spacial score (nSPS) is 10.7. The van der Waals surface area contributed by atoms with Gasteiger partial charge in [0.1, 0.15) is 6.54 Å². The number of fused-ring (bicyclic) bond motifs is 1. The van der Waals surface area contributed by atoms with Gasteiger partial charge in [-0.05, 0) is 36.8 Å². The maximum absolute atomic E-state index is 12.2. The highest BCUT2D eigenvalue weighted by Gasteiger charge is 2.08. The molecule has 0 unspecified atom stereocenters. The van der Waals surface area contributed by atoms with Crippen LogP contribution in [-0.4, -0.2) is 15.5 Å². The van der Waals surface area contributed by atoms with Crippen molar-refractivity contribution < 1.29 is 4.79 Å². The molecule has 0 saturated heterocycles. The van der Waals surface area contributed by atoms with Crippen molar-refractivity contribution in [3.05, 3.63) is 54.4 Å². The van der Waals surface area contributed by atoms with Crippen molar-refractivity contribution in [3.63, 3.8) is 0 Å². The van der Waals surface area contributed by atoms with E-state index in [0.717, 1.165) is 22.3 Å². The molecule has 106 valence electrons. The molecule has 0 radical (unpaired) electrons. The zero-order valence-corrected chi connectivity index (χ0v) is 11.7. The standard InChI is InChI=1S/C16H16N4O/c1-11-6-7-12(17)8-14(11)19-16(21)9-20-10-18-13-4-2-3-5-15(13)20/h2-8,10H,9,17H2,1H3,(H,19,21). The first-order valence-electron chi connectivity index (χ1n) is 6.69. The minimum Gasteiger partial charge on any atom is -0.399 e. The van der Waals surface area contributed by atoms with Gasteiger partial charge in [-0.2, -0.15) is 0 Å². The number of hydrogen-bond acceptors (Lipinski definition) is 3. The van der Waals surface area contributed by atoms with Crippen molar-refractivity contribution in [2.75, 3.05) is 11.1 Å². The molecule has 5 nitrogen and oxygen atoms in total. The number of rotatable bonds is 3. The van der Waals surface area contributed by atoms with Gasteiger partial charge in [0, 0.05) is 11.4 Å². The number of imidazole rings is 1. The van der Waals surface area contributed by atoms with Crippen molar-refractivity contribution in [2.45, 2.75) is 13.5 Å². The number of anilines is 2. The first-order valence-corrected chi connectivity index (χ1v) is 6.69. The molecule has 3 aromatic rings. The summed E-state index contributed by atoms with van der Waals surface area (Å²) in [6.45, 7) is 2.15. The second kappa shape index (κ2) is 5.28. The van der Waals surface area contributed by atoms with Gasteiger partial charge < -0.3 is 15.6 Å². The number of hydrogen-bond donors (Lipinski definition) is 2. The summed E-state index contributed by atoms with van der Waals surface area (Å²) in [5.74, 6) is -0.105. The van der Waals surface area contributed by atoms with Crippen LogP contribution in [0.1, 0.15) is 5.56 Å². The van der Waals surface area contributed by atoms with E-state index in [1.54, 1.807) is 12.4 Å². The van der Waals surface area contributed by atoms with Crippen LogP contribution in [-0.2, 0) is 11.3 Å². The number of nitrogens with one attached hydrogen (secondary N) is 1. The van der Waals surface area contributed by atoms with Gasteiger partial charge in [0.2, 0.25) is 5.91 Å². The first kappa shape index (κ1) is 13.2. The largest absolute Gasteiger partial charge is 0.399 e. The third-order valence-electron chi connectivity index (χ3n) is 3.38. The van der Waals surface area contributed by atoms with Crippen molar-refractivity contribution in [3.8, 4) is 0 Å². The highest BCUT2D eigenvalue weighted by atomic mass is 16.1. The zero-order valence-electron chi connectivity index (χ0n) is 11.7. The molecule has 0 aliphatic heterocycles. The molecule has 0 bridgehead atoms. The van der Waals surface area contributed by atoms with E-state index < -0.39 is 0 Å². The van der Waals surface area contributed by atoms with Crippen LogP contribution in [0.3, 0.4) is 0 Å². The molecular formula is C16H16N4O. The van der Waals surface area contributed by atoms with Crippen LogP contribution in [0.2, 0.25) is 0 Å². The van der Waals surface area contributed by atoms with Gasteiger partial charge in [0.25, 0.3) is 0 Å². The Hall–Kier alpha value is -2.82. The third-order valence-corrected chi connectivity index (χ3v) is 3.38. The lowest BCUT2D eigenvalue weighted by molar-refractivity contribution is -0.116. The average molecular weight is 280 g/mol. The number of aryl methyl sites for hydroxylation is 1. The van der Waals surface area contributed by atoms with Crippen molar-refractivity contribution >= 4 is 28.3 Å². The second-order valence-electron chi connectivity index (χ2n) is 4.98. The predicted molar refractivity (Wildman–Crippen MR) is 84.0 cm³/mol. The second-order valence-corrected chi connectivity index (χ2v) is 4.98. The molecule has 0 aliphatic carbocycles. The molecular weight excluding hydrogens is 264 g/mol. The molecule has 0 spiro atoms. The molecule has 2 aromatic carbocycles. The van der Waals surface area contributed by atoms with E-state index in [9.17, 15) is 4.79 Å². The van der Waals surface area contributed by atoms with Crippen LogP contribution in [0.15, 0.2) is 48.8 Å². The molecule has 3 N–H and O–H groups in total. The summed E-state index contributed by atoms with van der Waals surface area (Å²) in [7, 11) is 0. The van der Waals surface area contributed by atoms with E-state index in [-0.39, 0.29) is 12.5 Å². The number of amides is 1. The van der Waals surface area contributed by atoms with Crippen molar-refractivity contribution in [1.29, 1.82) is 0 Å². The van der Waals surface area contributed by atoms with Gasteiger partial charge in [0.05, 0.1) is 17.4 Å². The van der Waals surface area contributed by atoms with Gasteiger partial charge in [0.15, 0.2) is 0 Å². The summed E-state index contributed by atoms with van der Waals surface area (Å²) in [5.41, 5.74) is 9.92. The Kier molecular flexibility index (Phi) is 3.31. The number of benzene rings is 2. The Morgan fingerprint density at radius 1 is 1.29 bits per heavy atom. The monoisotopic (exact) mass is 280 g/mol. The minimum atomic E-state index is -0.105. The Bertz CT molecular complexity index is 807. The lowest BCUT2D eigenvalue weighted by atomic mass is 10.2. The summed E-state index contributed by atoms with van der Waals surface area (Å²) in [6.07, 6.45) is 1.68.